The van der Waals surface area contributed by atoms with E-state index in [9.17, 15) is 0 Å². The molecule has 0 saturated heterocycles. The van der Waals surface area contributed by atoms with Gasteiger partial charge in [-0.25, -0.2) is 9.97 Å². The number of benzene rings is 1. The Bertz CT molecular complexity index is 664. The van der Waals surface area contributed by atoms with Crippen LogP contribution >= 0.6 is 23.1 Å². The van der Waals surface area contributed by atoms with Crippen LogP contribution < -0.4 is 5.73 Å². The number of nitrogen functional groups attached to an aromatic ring is 1. The van der Waals surface area contributed by atoms with Crippen molar-refractivity contribution >= 4 is 39.1 Å². The van der Waals surface area contributed by atoms with E-state index in [1.807, 2.05) is 29.6 Å². The molecule has 18 heavy (non-hydrogen) atoms. The summed E-state index contributed by atoms with van der Waals surface area (Å²) < 4.78 is 0. The van der Waals surface area contributed by atoms with Crippen molar-refractivity contribution in [3.63, 3.8) is 0 Å². The third kappa shape index (κ3) is 2.32. The van der Waals surface area contributed by atoms with Crippen LogP contribution in [0.5, 0.6) is 0 Å². The summed E-state index contributed by atoms with van der Waals surface area (Å²) in [7, 11) is 0. The van der Waals surface area contributed by atoms with Crippen molar-refractivity contribution in [2.75, 3.05) is 5.73 Å². The topological polar surface area (TPSA) is 51.8 Å². The van der Waals surface area contributed by atoms with E-state index in [-0.39, 0.29) is 0 Å². The molecule has 0 amide bonds. The number of fused-ring (bicyclic) bond motifs is 1. The smallest absolute Gasteiger partial charge is 0.191 e. The standard InChI is InChI=1S/C13H11N3S2/c14-11-10-6-7-17-12(10)16-13(15-11)18-8-9-4-2-1-3-5-9/h1-7H,8H2,(H2,14,15,16). The van der Waals surface area contributed by atoms with Gasteiger partial charge in [0.15, 0.2) is 5.16 Å². The summed E-state index contributed by atoms with van der Waals surface area (Å²) in [5.41, 5.74) is 7.17. The van der Waals surface area contributed by atoms with Crippen molar-refractivity contribution in [1.82, 2.24) is 9.97 Å². The van der Waals surface area contributed by atoms with E-state index in [4.69, 9.17) is 5.73 Å². The number of hydrogen-bond donors (Lipinski definition) is 1. The van der Waals surface area contributed by atoms with Gasteiger partial charge in [-0.2, -0.15) is 0 Å². The van der Waals surface area contributed by atoms with Crippen LogP contribution in [-0.2, 0) is 5.75 Å². The molecule has 3 rings (SSSR count). The van der Waals surface area contributed by atoms with Gasteiger partial charge >= 0.3 is 0 Å². The Morgan fingerprint density at radius 2 is 1.94 bits per heavy atom. The van der Waals surface area contributed by atoms with Gasteiger partial charge in [0.1, 0.15) is 10.6 Å². The SMILES string of the molecule is Nc1nc(SCc2ccccc2)nc2sccc12. The number of thiophene rings is 1. The quantitative estimate of drug-likeness (QED) is 0.585. The molecule has 2 aromatic heterocycles. The molecule has 0 spiro atoms. The van der Waals surface area contributed by atoms with Gasteiger partial charge in [0.25, 0.3) is 0 Å². The Morgan fingerprint density at radius 3 is 2.78 bits per heavy atom. The molecule has 2 heterocycles. The lowest BCUT2D eigenvalue weighted by Crippen LogP contribution is -1.95. The molecule has 3 nitrogen and oxygen atoms in total. The lowest BCUT2D eigenvalue weighted by atomic mass is 10.2. The third-order valence-electron chi connectivity index (χ3n) is 2.54. The van der Waals surface area contributed by atoms with Crippen molar-refractivity contribution < 1.29 is 0 Å². The maximum atomic E-state index is 5.91. The normalized spacial score (nSPS) is 10.9. The summed E-state index contributed by atoms with van der Waals surface area (Å²) >= 11 is 3.20. The maximum absolute atomic E-state index is 5.91. The van der Waals surface area contributed by atoms with Gasteiger partial charge in [0.2, 0.25) is 0 Å². The second-order valence-electron chi connectivity index (χ2n) is 3.81. The van der Waals surface area contributed by atoms with Crippen LogP contribution in [0.3, 0.4) is 0 Å². The van der Waals surface area contributed by atoms with Crippen LogP contribution in [0.25, 0.3) is 10.2 Å². The number of thioether (sulfide) groups is 1. The number of aromatic nitrogens is 2. The molecule has 5 heteroatoms. The number of nitrogens with two attached hydrogens (primary N) is 1. The Hall–Kier alpha value is -1.59. The Kier molecular flexibility index (Phi) is 3.17. The van der Waals surface area contributed by atoms with E-state index in [1.54, 1.807) is 23.1 Å². The first-order valence-corrected chi connectivity index (χ1v) is 7.37. The number of nitrogens with zero attached hydrogens (tertiary/aromatic N) is 2. The summed E-state index contributed by atoms with van der Waals surface area (Å²) in [4.78, 5) is 9.78. The highest BCUT2D eigenvalue weighted by atomic mass is 32.2. The molecule has 3 aromatic rings. The first-order chi connectivity index (χ1) is 8.83. The Balaban J connectivity index is 1.82. The van der Waals surface area contributed by atoms with E-state index in [0.717, 1.165) is 21.1 Å². The second kappa shape index (κ2) is 4.96. The van der Waals surface area contributed by atoms with Crippen molar-refractivity contribution in [1.29, 1.82) is 0 Å². The monoisotopic (exact) mass is 273 g/mol. The van der Waals surface area contributed by atoms with Gasteiger partial charge in [0, 0.05) is 5.75 Å². The molecule has 0 saturated carbocycles. The number of rotatable bonds is 3. The summed E-state index contributed by atoms with van der Waals surface area (Å²) in [5, 5.41) is 3.68. The van der Waals surface area contributed by atoms with Crippen LogP contribution in [0, 0.1) is 0 Å². The van der Waals surface area contributed by atoms with Gasteiger partial charge in [-0.1, -0.05) is 42.1 Å². The Labute approximate surface area is 113 Å². The zero-order chi connectivity index (χ0) is 12.4. The average molecular weight is 273 g/mol. The second-order valence-corrected chi connectivity index (χ2v) is 5.64. The van der Waals surface area contributed by atoms with Crippen molar-refractivity contribution in [2.45, 2.75) is 10.9 Å². The van der Waals surface area contributed by atoms with E-state index >= 15 is 0 Å². The molecular weight excluding hydrogens is 262 g/mol. The van der Waals surface area contributed by atoms with Crippen LogP contribution in [0.4, 0.5) is 5.82 Å². The molecule has 0 unspecified atom stereocenters. The first kappa shape index (κ1) is 11.5. The first-order valence-electron chi connectivity index (χ1n) is 5.50. The largest absolute Gasteiger partial charge is 0.383 e. The zero-order valence-electron chi connectivity index (χ0n) is 9.54. The zero-order valence-corrected chi connectivity index (χ0v) is 11.2. The molecule has 1 aromatic carbocycles. The van der Waals surface area contributed by atoms with E-state index in [2.05, 4.69) is 22.1 Å². The van der Waals surface area contributed by atoms with Crippen molar-refractivity contribution in [2.24, 2.45) is 0 Å². The Morgan fingerprint density at radius 1 is 1.11 bits per heavy atom. The van der Waals surface area contributed by atoms with Gasteiger partial charge in [0.05, 0.1) is 5.39 Å². The molecule has 0 radical (unpaired) electrons. The minimum Gasteiger partial charge on any atom is -0.383 e. The molecule has 0 atom stereocenters. The fourth-order valence-corrected chi connectivity index (χ4v) is 3.28. The fraction of sp³-hybridized carbons (Fsp3) is 0.0769. The number of anilines is 1. The maximum Gasteiger partial charge on any atom is 0.191 e. The van der Waals surface area contributed by atoms with Gasteiger partial charge in [-0.3, -0.25) is 0 Å². The summed E-state index contributed by atoms with van der Waals surface area (Å²) in [6.07, 6.45) is 0. The van der Waals surface area contributed by atoms with E-state index in [0.29, 0.717) is 5.82 Å². The highest BCUT2D eigenvalue weighted by molar-refractivity contribution is 7.98. The van der Waals surface area contributed by atoms with Crippen LogP contribution in [0.15, 0.2) is 46.9 Å². The molecule has 0 aliphatic carbocycles. The van der Waals surface area contributed by atoms with Gasteiger partial charge in [-0.05, 0) is 17.0 Å². The molecule has 0 aliphatic rings. The summed E-state index contributed by atoms with van der Waals surface area (Å²) in [6, 6.07) is 12.2. The minimum absolute atomic E-state index is 0.566. The van der Waals surface area contributed by atoms with Crippen molar-refractivity contribution in [3.8, 4) is 0 Å². The minimum atomic E-state index is 0.566. The highest BCUT2D eigenvalue weighted by Gasteiger charge is 2.06. The lowest BCUT2D eigenvalue weighted by Gasteiger charge is -2.02. The van der Waals surface area contributed by atoms with Crippen LogP contribution in [0.2, 0.25) is 0 Å². The van der Waals surface area contributed by atoms with Crippen LogP contribution in [0.1, 0.15) is 5.56 Å². The van der Waals surface area contributed by atoms with Crippen molar-refractivity contribution in [3.05, 3.63) is 47.3 Å². The molecule has 90 valence electrons. The molecule has 0 bridgehead atoms. The highest BCUT2D eigenvalue weighted by Crippen LogP contribution is 2.27. The van der Waals surface area contributed by atoms with E-state index in [1.165, 1.54) is 5.56 Å². The predicted molar refractivity (Wildman–Crippen MR) is 77.8 cm³/mol. The lowest BCUT2D eigenvalue weighted by molar-refractivity contribution is 1.02. The number of hydrogen-bond acceptors (Lipinski definition) is 5. The molecule has 2 N–H and O–H groups in total. The average Bonchev–Trinajstić information content (AvgIpc) is 2.86. The van der Waals surface area contributed by atoms with Gasteiger partial charge < -0.3 is 5.73 Å². The fourth-order valence-electron chi connectivity index (χ4n) is 1.64. The third-order valence-corrected chi connectivity index (χ3v) is 4.27. The summed E-state index contributed by atoms with van der Waals surface area (Å²) in [6.45, 7) is 0. The van der Waals surface area contributed by atoms with Crippen LogP contribution in [-0.4, -0.2) is 9.97 Å². The van der Waals surface area contributed by atoms with Gasteiger partial charge in [-0.15, -0.1) is 11.3 Å². The summed E-state index contributed by atoms with van der Waals surface area (Å²) in [5.74, 6) is 1.42. The van der Waals surface area contributed by atoms with E-state index < -0.39 is 0 Å². The molecule has 0 fully saturated rings. The molecule has 0 aliphatic heterocycles. The molecular formula is C13H11N3S2. The predicted octanol–water partition coefficient (Wildman–Crippen LogP) is 3.57.